The predicted octanol–water partition coefficient (Wildman–Crippen LogP) is 3.71. The van der Waals surface area contributed by atoms with E-state index in [4.69, 9.17) is 27.9 Å². The lowest BCUT2D eigenvalue weighted by atomic mass is 10.4. The number of methoxy groups -OCH3 is 1. The van der Waals surface area contributed by atoms with Gasteiger partial charge in [0.1, 0.15) is 0 Å². The molecule has 0 radical (unpaired) electrons. The quantitative estimate of drug-likeness (QED) is 0.583. The van der Waals surface area contributed by atoms with Crippen molar-refractivity contribution in [1.29, 1.82) is 0 Å². The molecule has 96 valence electrons. The molecule has 0 aliphatic heterocycles. The molecule has 0 aromatic heterocycles. The lowest BCUT2D eigenvalue weighted by molar-refractivity contribution is 0.194. The Morgan fingerprint density at radius 1 is 1.24 bits per heavy atom. The number of halogens is 2. The monoisotopic (exact) mass is 293 g/mol. The third-order valence-electron chi connectivity index (χ3n) is 2.14. The summed E-state index contributed by atoms with van der Waals surface area (Å²) < 4.78 is 4.97. The van der Waals surface area contributed by atoms with Crippen LogP contribution >= 0.6 is 35.0 Å². The highest BCUT2D eigenvalue weighted by Crippen LogP contribution is 2.27. The van der Waals surface area contributed by atoms with Gasteiger partial charge in [-0.1, -0.05) is 23.2 Å². The van der Waals surface area contributed by atoms with E-state index < -0.39 is 0 Å². The maximum atomic E-state index is 5.94. The largest absolute Gasteiger partial charge is 0.385 e. The van der Waals surface area contributed by atoms with E-state index in [1.54, 1.807) is 18.9 Å². The molecule has 0 aliphatic rings. The Bertz CT molecular complexity index is 336. The Labute approximate surface area is 117 Å². The van der Waals surface area contributed by atoms with Crippen LogP contribution in [0, 0.1) is 0 Å². The fourth-order valence-electron chi connectivity index (χ4n) is 1.27. The Morgan fingerprint density at radius 3 is 2.76 bits per heavy atom. The number of hydrogen-bond donors (Lipinski definition) is 1. The zero-order valence-electron chi connectivity index (χ0n) is 9.84. The summed E-state index contributed by atoms with van der Waals surface area (Å²) in [5, 5.41) is 4.58. The van der Waals surface area contributed by atoms with Gasteiger partial charge in [0.15, 0.2) is 0 Å². The molecule has 17 heavy (non-hydrogen) atoms. The smallest absolute Gasteiger partial charge is 0.0603 e. The highest BCUT2D eigenvalue weighted by Gasteiger charge is 1.99. The third kappa shape index (κ3) is 6.53. The molecule has 0 saturated heterocycles. The summed E-state index contributed by atoms with van der Waals surface area (Å²) in [6, 6.07) is 5.72. The van der Waals surface area contributed by atoms with E-state index in [1.807, 2.05) is 18.2 Å². The summed E-state index contributed by atoms with van der Waals surface area (Å²) in [5.74, 6) is 1.02. The molecule has 1 aromatic carbocycles. The van der Waals surface area contributed by atoms with Crippen LogP contribution in [0.25, 0.3) is 0 Å². The molecular formula is C12H17Cl2NOS. The molecule has 0 aliphatic carbocycles. The van der Waals surface area contributed by atoms with Crippen molar-refractivity contribution >= 4 is 35.0 Å². The first-order valence-corrected chi connectivity index (χ1v) is 7.25. The van der Waals surface area contributed by atoms with E-state index in [0.717, 1.165) is 36.8 Å². The molecule has 0 saturated carbocycles. The van der Waals surface area contributed by atoms with E-state index in [1.165, 1.54) is 0 Å². The van der Waals surface area contributed by atoms with Gasteiger partial charge in [0, 0.05) is 30.9 Å². The van der Waals surface area contributed by atoms with E-state index in [2.05, 4.69) is 5.32 Å². The van der Waals surface area contributed by atoms with Crippen LogP contribution in [0.1, 0.15) is 6.42 Å². The molecule has 1 aromatic rings. The molecule has 0 bridgehead atoms. The summed E-state index contributed by atoms with van der Waals surface area (Å²) in [4.78, 5) is 1.15. The Morgan fingerprint density at radius 2 is 2.06 bits per heavy atom. The van der Waals surface area contributed by atoms with Gasteiger partial charge in [-0.15, -0.1) is 11.8 Å². The summed E-state index contributed by atoms with van der Waals surface area (Å²) in [5.41, 5.74) is 0. The molecule has 0 unspecified atom stereocenters. The van der Waals surface area contributed by atoms with E-state index in [-0.39, 0.29) is 0 Å². The van der Waals surface area contributed by atoms with Gasteiger partial charge in [0.2, 0.25) is 0 Å². The Hall–Kier alpha value is 0.0700. The van der Waals surface area contributed by atoms with Crippen molar-refractivity contribution in [3.05, 3.63) is 28.2 Å². The second kappa shape index (κ2) is 9.06. The summed E-state index contributed by atoms with van der Waals surface area (Å²) in [6.45, 7) is 2.79. The minimum atomic E-state index is 0.605. The molecule has 0 spiro atoms. The highest BCUT2D eigenvalue weighted by atomic mass is 35.5. The van der Waals surface area contributed by atoms with Gasteiger partial charge >= 0.3 is 0 Å². The number of ether oxygens (including phenoxy) is 1. The van der Waals surface area contributed by atoms with Crippen LogP contribution in [0.2, 0.25) is 10.0 Å². The number of thioether (sulfide) groups is 1. The highest BCUT2D eigenvalue weighted by molar-refractivity contribution is 7.99. The van der Waals surface area contributed by atoms with E-state index in [0.29, 0.717) is 10.0 Å². The molecule has 1 N–H and O–H groups in total. The maximum Gasteiger partial charge on any atom is 0.0603 e. The minimum Gasteiger partial charge on any atom is -0.385 e. The average Bonchev–Trinajstić information content (AvgIpc) is 2.32. The van der Waals surface area contributed by atoms with Crippen molar-refractivity contribution in [2.45, 2.75) is 11.3 Å². The van der Waals surface area contributed by atoms with Crippen LogP contribution < -0.4 is 5.32 Å². The normalized spacial score (nSPS) is 10.8. The number of nitrogens with one attached hydrogen (secondary N) is 1. The van der Waals surface area contributed by atoms with Gasteiger partial charge in [-0.05, 0) is 31.2 Å². The Kier molecular flexibility index (Phi) is 8.06. The van der Waals surface area contributed by atoms with Crippen molar-refractivity contribution in [2.24, 2.45) is 0 Å². The zero-order valence-corrected chi connectivity index (χ0v) is 12.2. The van der Waals surface area contributed by atoms with Crippen molar-refractivity contribution < 1.29 is 4.74 Å². The topological polar surface area (TPSA) is 21.3 Å². The molecule has 0 fully saturated rings. The van der Waals surface area contributed by atoms with Gasteiger partial charge < -0.3 is 10.1 Å². The van der Waals surface area contributed by atoms with E-state index in [9.17, 15) is 0 Å². The van der Waals surface area contributed by atoms with Gasteiger partial charge in [0.05, 0.1) is 10.0 Å². The van der Waals surface area contributed by atoms with Crippen molar-refractivity contribution in [3.63, 3.8) is 0 Å². The fraction of sp³-hybridized carbons (Fsp3) is 0.500. The van der Waals surface area contributed by atoms with Gasteiger partial charge in [-0.25, -0.2) is 0 Å². The Balaban J connectivity index is 2.11. The van der Waals surface area contributed by atoms with Gasteiger partial charge in [0.25, 0.3) is 0 Å². The SMILES string of the molecule is COCCCNCCSc1ccc(Cl)c(Cl)c1. The standard InChI is InChI=1S/C12H17Cl2NOS/c1-16-7-2-5-15-6-8-17-10-3-4-11(13)12(14)9-10/h3-4,9,15H,2,5-8H2,1H3. The third-order valence-corrected chi connectivity index (χ3v) is 3.88. The zero-order chi connectivity index (χ0) is 12.5. The first kappa shape index (κ1) is 15.1. The molecular weight excluding hydrogens is 277 g/mol. The van der Waals surface area contributed by atoms with Crippen LogP contribution in [-0.4, -0.2) is 32.6 Å². The maximum absolute atomic E-state index is 5.94. The number of benzene rings is 1. The van der Waals surface area contributed by atoms with Crippen LogP contribution in [0.15, 0.2) is 23.1 Å². The molecule has 1 rings (SSSR count). The van der Waals surface area contributed by atoms with Crippen LogP contribution in [0.5, 0.6) is 0 Å². The first-order chi connectivity index (χ1) is 8.24. The van der Waals surface area contributed by atoms with E-state index >= 15 is 0 Å². The molecule has 0 atom stereocenters. The van der Waals surface area contributed by atoms with Gasteiger partial charge in [-0.2, -0.15) is 0 Å². The lowest BCUT2D eigenvalue weighted by Gasteiger charge is -2.05. The number of rotatable bonds is 8. The molecule has 2 nitrogen and oxygen atoms in total. The van der Waals surface area contributed by atoms with Crippen molar-refractivity contribution in [2.75, 3.05) is 32.6 Å². The van der Waals surface area contributed by atoms with Gasteiger partial charge in [-0.3, -0.25) is 0 Å². The second-order valence-electron chi connectivity index (χ2n) is 3.52. The average molecular weight is 294 g/mol. The summed E-state index contributed by atoms with van der Waals surface area (Å²) in [7, 11) is 1.72. The van der Waals surface area contributed by atoms with Crippen LogP contribution in [0.3, 0.4) is 0 Å². The first-order valence-electron chi connectivity index (χ1n) is 5.51. The minimum absolute atomic E-state index is 0.605. The number of hydrogen-bond acceptors (Lipinski definition) is 3. The molecule has 0 heterocycles. The summed E-state index contributed by atoms with van der Waals surface area (Å²) in [6.07, 6.45) is 1.05. The van der Waals surface area contributed by atoms with Crippen LogP contribution in [-0.2, 0) is 4.74 Å². The van der Waals surface area contributed by atoms with Crippen molar-refractivity contribution in [1.82, 2.24) is 5.32 Å². The predicted molar refractivity (Wildman–Crippen MR) is 76.5 cm³/mol. The molecule has 5 heteroatoms. The lowest BCUT2D eigenvalue weighted by Crippen LogP contribution is -2.19. The fourth-order valence-corrected chi connectivity index (χ4v) is 2.48. The van der Waals surface area contributed by atoms with Crippen molar-refractivity contribution in [3.8, 4) is 0 Å². The molecule has 0 amide bonds. The second-order valence-corrected chi connectivity index (χ2v) is 5.50. The van der Waals surface area contributed by atoms with Crippen LogP contribution in [0.4, 0.5) is 0 Å². The summed E-state index contributed by atoms with van der Waals surface area (Å²) >= 11 is 13.6.